The summed E-state index contributed by atoms with van der Waals surface area (Å²) in [7, 11) is 0. The molecule has 1 aliphatic rings. The van der Waals surface area contributed by atoms with E-state index in [1.165, 1.54) is 6.08 Å². The molecule has 0 fully saturated rings. The molecule has 5 nitrogen and oxygen atoms in total. The predicted molar refractivity (Wildman–Crippen MR) is 90.7 cm³/mol. The van der Waals surface area contributed by atoms with Gasteiger partial charge in [-0.3, -0.25) is 4.79 Å². The summed E-state index contributed by atoms with van der Waals surface area (Å²) in [4.78, 5) is 12.3. The molecule has 2 aromatic carbocycles. The molecule has 0 aliphatic carbocycles. The topological polar surface area (TPSA) is 71.4 Å². The highest BCUT2D eigenvalue weighted by atomic mass is 16.7. The Kier molecular flexibility index (Phi) is 4.21. The van der Waals surface area contributed by atoms with Gasteiger partial charge in [-0.2, -0.15) is 5.26 Å². The summed E-state index contributed by atoms with van der Waals surface area (Å²) in [5, 5.41) is 12.0. The number of aryl methyl sites for hydroxylation is 2. The number of hydrogen-bond donors (Lipinski definition) is 1. The van der Waals surface area contributed by atoms with E-state index in [1.807, 2.05) is 38.1 Å². The summed E-state index contributed by atoms with van der Waals surface area (Å²) in [6, 6.07) is 12.8. The van der Waals surface area contributed by atoms with Gasteiger partial charge in [-0.15, -0.1) is 0 Å². The molecule has 1 N–H and O–H groups in total. The van der Waals surface area contributed by atoms with E-state index in [4.69, 9.17) is 9.47 Å². The van der Waals surface area contributed by atoms with Crippen LogP contribution >= 0.6 is 0 Å². The Hall–Kier alpha value is -3.26. The fourth-order valence-electron chi connectivity index (χ4n) is 2.34. The van der Waals surface area contributed by atoms with E-state index < -0.39 is 5.91 Å². The van der Waals surface area contributed by atoms with Gasteiger partial charge in [0, 0.05) is 5.69 Å². The first kappa shape index (κ1) is 15.6. The fraction of sp³-hybridized carbons (Fsp3) is 0.158. The van der Waals surface area contributed by atoms with Crippen LogP contribution in [0.3, 0.4) is 0 Å². The molecule has 0 bridgehead atoms. The van der Waals surface area contributed by atoms with E-state index in [0.29, 0.717) is 22.7 Å². The third kappa shape index (κ3) is 3.23. The first-order valence-electron chi connectivity index (χ1n) is 7.47. The molecule has 0 atom stereocenters. The van der Waals surface area contributed by atoms with Gasteiger partial charge in [-0.25, -0.2) is 0 Å². The van der Waals surface area contributed by atoms with Crippen molar-refractivity contribution in [3.8, 4) is 17.6 Å². The Morgan fingerprint density at radius 3 is 2.67 bits per heavy atom. The van der Waals surface area contributed by atoms with Crippen LogP contribution in [0.5, 0.6) is 11.5 Å². The second-order valence-corrected chi connectivity index (χ2v) is 5.54. The maximum Gasteiger partial charge on any atom is 0.266 e. The smallest absolute Gasteiger partial charge is 0.266 e. The normalized spacial score (nSPS) is 12.6. The molecule has 3 rings (SSSR count). The van der Waals surface area contributed by atoms with Crippen molar-refractivity contribution < 1.29 is 14.3 Å². The molecule has 0 radical (unpaired) electrons. The molecule has 0 saturated heterocycles. The molecule has 0 saturated carbocycles. The molecular weight excluding hydrogens is 304 g/mol. The highest BCUT2D eigenvalue weighted by Crippen LogP contribution is 2.33. The minimum atomic E-state index is -0.446. The summed E-state index contributed by atoms with van der Waals surface area (Å²) in [5.41, 5.74) is 3.60. The van der Waals surface area contributed by atoms with Crippen LogP contribution < -0.4 is 14.8 Å². The number of fused-ring (bicyclic) bond motifs is 1. The number of rotatable bonds is 3. The lowest BCUT2D eigenvalue weighted by molar-refractivity contribution is -0.112. The van der Waals surface area contributed by atoms with Crippen LogP contribution in [0.2, 0.25) is 0 Å². The lowest BCUT2D eigenvalue weighted by Gasteiger charge is -2.07. The van der Waals surface area contributed by atoms with Crippen molar-refractivity contribution in [3.05, 3.63) is 58.7 Å². The average Bonchev–Trinajstić information content (AvgIpc) is 3.03. The SMILES string of the molecule is Cc1ccc(NC(=O)/C(C#N)=C/c2ccc3c(c2)OCO3)cc1C. The molecule has 5 heteroatoms. The maximum atomic E-state index is 12.3. The maximum absolute atomic E-state index is 12.3. The van der Waals surface area contributed by atoms with Crippen molar-refractivity contribution in [1.29, 1.82) is 5.26 Å². The Morgan fingerprint density at radius 2 is 1.92 bits per heavy atom. The lowest BCUT2D eigenvalue weighted by Crippen LogP contribution is -2.13. The molecular formula is C19H16N2O3. The van der Waals surface area contributed by atoms with Crippen molar-refractivity contribution in [2.24, 2.45) is 0 Å². The Bertz CT molecular complexity index is 879. The quantitative estimate of drug-likeness (QED) is 0.693. The minimum absolute atomic E-state index is 0.0205. The largest absolute Gasteiger partial charge is 0.454 e. The van der Waals surface area contributed by atoms with E-state index in [9.17, 15) is 10.1 Å². The lowest BCUT2D eigenvalue weighted by atomic mass is 10.1. The standard InChI is InChI=1S/C19H16N2O3/c1-12-3-5-16(7-13(12)2)21-19(22)15(10-20)8-14-4-6-17-18(9-14)24-11-23-17/h3-9H,11H2,1-2H3,(H,21,22)/b15-8+. The van der Waals surface area contributed by atoms with Crippen molar-refractivity contribution >= 4 is 17.7 Å². The number of anilines is 1. The highest BCUT2D eigenvalue weighted by molar-refractivity contribution is 6.09. The number of nitrogens with zero attached hydrogens (tertiary/aromatic N) is 1. The average molecular weight is 320 g/mol. The first-order chi connectivity index (χ1) is 11.6. The van der Waals surface area contributed by atoms with Gasteiger partial charge in [-0.05, 0) is 60.9 Å². The minimum Gasteiger partial charge on any atom is -0.454 e. The number of benzene rings is 2. The Labute approximate surface area is 140 Å². The number of nitriles is 1. The van der Waals surface area contributed by atoms with Crippen molar-refractivity contribution in [2.45, 2.75) is 13.8 Å². The van der Waals surface area contributed by atoms with Crippen LogP contribution in [0.25, 0.3) is 6.08 Å². The van der Waals surface area contributed by atoms with E-state index in [0.717, 1.165) is 11.1 Å². The number of amides is 1. The molecule has 24 heavy (non-hydrogen) atoms. The van der Waals surface area contributed by atoms with Gasteiger partial charge < -0.3 is 14.8 Å². The van der Waals surface area contributed by atoms with E-state index >= 15 is 0 Å². The van der Waals surface area contributed by atoms with E-state index in [1.54, 1.807) is 18.2 Å². The molecule has 0 spiro atoms. The van der Waals surface area contributed by atoms with Gasteiger partial charge in [0.1, 0.15) is 11.6 Å². The molecule has 2 aromatic rings. The van der Waals surface area contributed by atoms with Crippen LogP contribution in [-0.4, -0.2) is 12.7 Å². The molecule has 1 aliphatic heterocycles. The summed E-state index contributed by atoms with van der Waals surface area (Å²) in [6.07, 6.45) is 1.53. The van der Waals surface area contributed by atoms with E-state index in [-0.39, 0.29) is 12.4 Å². The molecule has 1 amide bonds. The summed E-state index contributed by atoms with van der Waals surface area (Å²) < 4.78 is 10.5. The highest BCUT2D eigenvalue weighted by Gasteiger charge is 2.14. The molecule has 0 unspecified atom stereocenters. The van der Waals surface area contributed by atoms with Gasteiger partial charge >= 0.3 is 0 Å². The fourth-order valence-corrected chi connectivity index (χ4v) is 2.34. The van der Waals surface area contributed by atoms with Gasteiger partial charge in [0.25, 0.3) is 5.91 Å². The Balaban J connectivity index is 1.81. The van der Waals surface area contributed by atoms with E-state index in [2.05, 4.69) is 5.32 Å². The van der Waals surface area contributed by atoms with Crippen LogP contribution in [0, 0.1) is 25.2 Å². The number of nitrogens with one attached hydrogen (secondary N) is 1. The van der Waals surface area contributed by atoms with Gasteiger partial charge in [0.2, 0.25) is 6.79 Å². The van der Waals surface area contributed by atoms with Crippen LogP contribution in [0.4, 0.5) is 5.69 Å². The zero-order valence-electron chi connectivity index (χ0n) is 13.4. The zero-order chi connectivity index (χ0) is 17.1. The third-order valence-corrected chi connectivity index (χ3v) is 3.84. The summed E-state index contributed by atoms with van der Waals surface area (Å²) in [5.74, 6) is 0.819. The van der Waals surface area contributed by atoms with Crippen molar-refractivity contribution in [2.75, 3.05) is 12.1 Å². The number of carbonyl (C=O) groups is 1. The third-order valence-electron chi connectivity index (χ3n) is 3.84. The number of hydrogen-bond acceptors (Lipinski definition) is 4. The van der Waals surface area contributed by atoms with Crippen LogP contribution in [0.15, 0.2) is 42.0 Å². The second-order valence-electron chi connectivity index (χ2n) is 5.54. The summed E-state index contributed by atoms with van der Waals surface area (Å²) in [6.45, 7) is 4.15. The second kappa shape index (κ2) is 6.47. The van der Waals surface area contributed by atoms with Crippen LogP contribution in [-0.2, 0) is 4.79 Å². The number of ether oxygens (including phenoxy) is 2. The van der Waals surface area contributed by atoms with Crippen LogP contribution in [0.1, 0.15) is 16.7 Å². The van der Waals surface area contributed by atoms with Crippen molar-refractivity contribution in [1.82, 2.24) is 0 Å². The zero-order valence-corrected chi connectivity index (χ0v) is 13.4. The Morgan fingerprint density at radius 1 is 1.12 bits per heavy atom. The van der Waals surface area contributed by atoms with Gasteiger partial charge in [0.15, 0.2) is 11.5 Å². The molecule has 1 heterocycles. The number of carbonyl (C=O) groups excluding carboxylic acids is 1. The predicted octanol–water partition coefficient (Wildman–Crippen LogP) is 3.58. The first-order valence-corrected chi connectivity index (χ1v) is 7.47. The molecule has 0 aromatic heterocycles. The molecule has 120 valence electrons. The summed E-state index contributed by atoms with van der Waals surface area (Å²) >= 11 is 0. The van der Waals surface area contributed by atoms with Gasteiger partial charge in [-0.1, -0.05) is 12.1 Å². The van der Waals surface area contributed by atoms with Crippen molar-refractivity contribution in [3.63, 3.8) is 0 Å². The monoisotopic (exact) mass is 320 g/mol. The van der Waals surface area contributed by atoms with Gasteiger partial charge in [0.05, 0.1) is 0 Å².